The molecule has 2 aromatic heterocycles. The van der Waals surface area contributed by atoms with Crippen LogP contribution in [0.5, 0.6) is 0 Å². The molecule has 0 aliphatic carbocycles. The maximum Gasteiger partial charge on any atom is 0.330 e. The average molecular weight is 446 g/mol. The number of tetrazole rings is 1. The van der Waals surface area contributed by atoms with Crippen molar-refractivity contribution in [3.63, 3.8) is 0 Å². The van der Waals surface area contributed by atoms with Gasteiger partial charge in [0.15, 0.2) is 5.69 Å². The maximum absolute atomic E-state index is 13.0. The summed E-state index contributed by atoms with van der Waals surface area (Å²) in [6.45, 7) is 0.378. The van der Waals surface area contributed by atoms with Crippen LogP contribution in [0.3, 0.4) is 0 Å². The minimum absolute atomic E-state index is 0.0470. The second-order valence-electron chi connectivity index (χ2n) is 6.48. The van der Waals surface area contributed by atoms with Gasteiger partial charge in [-0.3, -0.25) is 19.1 Å². The molecule has 0 unspecified atom stereocenters. The van der Waals surface area contributed by atoms with Gasteiger partial charge in [-0.15, -0.1) is 5.10 Å². The van der Waals surface area contributed by atoms with Gasteiger partial charge in [-0.05, 0) is 16.0 Å². The SMILES string of the molecule is COCCN(C(=O)CSc1nnnn1C)c1c(N)n(Cc2ccccc2)c(=O)[nH]c1=O. The summed E-state index contributed by atoms with van der Waals surface area (Å²) in [6.07, 6.45) is 0. The van der Waals surface area contributed by atoms with Crippen LogP contribution in [0.4, 0.5) is 11.5 Å². The first-order valence-electron chi connectivity index (χ1n) is 9.23. The van der Waals surface area contributed by atoms with Gasteiger partial charge in [0.25, 0.3) is 5.56 Å². The summed E-state index contributed by atoms with van der Waals surface area (Å²) in [7, 11) is 3.13. The van der Waals surface area contributed by atoms with Gasteiger partial charge in [0.2, 0.25) is 11.1 Å². The Balaban J connectivity index is 1.95. The molecule has 31 heavy (non-hydrogen) atoms. The number of hydrogen-bond donors (Lipinski definition) is 2. The van der Waals surface area contributed by atoms with Crippen molar-refractivity contribution < 1.29 is 9.53 Å². The van der Waals surface area contributed by atoms with Gasteiger partial charge >= 0.3 is 5.69 Å². The van der Waals surface area contributed by atoms with E-state index in [0.29, 0.717) is 5.16 Å². The lowest BCUT2D eigenvalue weighted by Gasteiger charge is -2.24. The van der Waals surface area contributed by atoms with Crippen LogP contribution < -0.4 is 21.9 Å². The Kier molecular flexibility index (Phi) is 7.20. The second-order valence-corrected chi connectivity index (χ2v) is 7.42. The van der Waals surface area contributed by atoms with E-state index in [1.165, 1.54) is 21.3 Å². The summed E-state index contributed by atoms with van der Waals surface area (Å²) in [5, 5.41) is 11.5. The van der Waals surface area contributed by atoms with E-state index in [-0.39, 0.29) is 37.0 Å². The third-order valence-corrected chi connectivity index (χ3v) is 5.39. The van der Waals surface area contributed by atoms with E-state index in [4.69, 9.17) is 10.5 Å². The van der Waals surface area contributed by atoms with Crippen LogP contribution >= 0.6 is 11.8 Å². The number of nitrogens with zero attached hydrogens (tertiary/aromatic N) is 6. The Morgan fingerprint density at radius 1 is 1.29 bits per heavy atom. The predicted molar refractivity (Wildman–Crippen MR) is 115 cm³/mol. The number of ether oxygens (including phenoxy) is 1. The van der Waals surface area contributed by atoms with E-state index in [9.17, 15) is 14.4 Å². The Labute approximate surface area is 181 Å². The molecule has 0 aliphatic rings. The number of nitrogens with two attached hydrogens (primary N) is 1. The third kappa shape index (κ3) is 5.19. The van der Waals surface area contributed by atoms with Gasteiger partial charge in [0.1, 0.15) is 5.82 Å². The lowest BCUT2D eigenvalue weighted by Crippen LogP contribution is -2.43. The number of benzene rings is 1. The molecule has 12 nitrogen and oxygen atoms in total. The van der Waals surface area contributed by atoms with Crippen LogP contribution in [0.25, 0.3) is 0 Å². The molecule has 0 radical (unpaired) electrons. The van der Waals surface area contributed by atoms with Crippen LogP contribution in [-0.4, -0.2) is 61.7 Å². The number of aryl methyl sites for hydroxylation is 1. The standard InChI is InChI=1S/C18H22N8O4S/c1-24-18(21-22-23-24)31-11-13(27)25(8-9-30-2)14-15(19)26(17(29)20-16(14)28)10-12-6-4-3-5-7-12/h3-7H,8-11,19H2,1-2H3,(H,20,28,29). The fourth-order valence-electron chi connectivity index (χ4n) is 2.85. The van der Waals surface area contributed by atoms with E-state index < -0.39 is 17.2 Å². The molecule has 0 spiro atoms. The molecule has 2 heterocycles. The molecular weight excluding hydrogens is 424 g/mol. The van der Waals surface area contributed by atoms with E-state index in [0.717, 1.165) is 17.3 Å². The largest absolute Gasteiger partial charge is 0.383 e. The summed E-state index contributed by atoms with van der Waals surface area (Å²) in [6, 6.07) is 9.17. The number of methoxy groups -OCH3 is 1. The summed E-state index contributed by atoms with van der Waals surface area (Å²) in [4.78, 5) is 41.5. The van der Waals surface area contributed by atoms with E-state index in [2.05, 4.69) is 20.5 Å². The number of thioether (sulfide) groups is 1. The molecule has 0 saturated heterocycles. The maximum atomic E-state index is 13.0. The van der Waals surface area contributed by atoms with Crippen molar-refractivity contribution in [2.75, 3.05) is 36.6 Å². The Bertz CT molecular complexity index is 1160. The highest BCUT2D eigenvalue weighted by Gasteiger charge is 2.24. The van der Waals surface area contributed by atoms with Crippen molar-refractivity contribution in [1.29, 1.82) is 0 Å². The minimum atomic E-state index is -0.749. The monoisotopic (exact) mass is 446 g/mol. The first-order valence-corrected chi connectivity index (χ1v) is 10.2. The Hall–Kier alpha value is -3.45. The van der Waals surface area contributed by atoms with Crippen molar-refractivity contribution in [1.82, 2.24) is 29.8 Å². The second kappa shape index (κ2) is 10.0. The highest BCUT2D eigenvalue weighted by molar-refractivity contribution is 7.99. The molecule has 164 valence electrons. The van der Waals surface area contributed by atoms with Crippen molar-refractivity contribution in [3.05, 3.63) is 56.7 Å². The number of amides is 1. The van der Waals surface area contributed by atoms with Crippen LogP contribution in [-0.2, 0) is 23.1 Å². The van der Waals surface area contributed by atoms with Crippen LogP contribution in [0.1, 0.15) is 5.56 Å². The Morgan fingerprint density at radius 3 is 2.68 bits per heavy atom. The number of anilines is 2. The normalized spacial score (nSPS) is 10.9. The lowest BCUT2D eigenvalue weighted by atomic mass is 10.2. The number of rotatable bonds is 9. The number of aromatic nitrogens is 6. The molecule has 1 aromatic carbocycles. The van der Waals surface area contributed by atoms with Crippen molar-refractivity contribution in [2.45, 2.75) is 11.7 Å². The van der Waals surface area contributed by atoms with Crippen molar-refractivity contribution in [3.8, 4) is 0 Å². The zero-order chi connectivity index (χ0) is 22.4. The first-order chi connectivity index (χ1) is 14.9. The molecule has 3 aromatic rings. The fourth-order valence-corrected chi connectivity index (χ4v) is 3.58. The van der Waals surface area contributed by atoms with Crippen LogP contribution in [0, 0.1) is 0 Å². The molecule has 3 N–H and O–H groups in total. The highest BCUT2D eigenvalue weighted by Crippen LogP contribution is 2.20. The third-order valence-electron chi connectivity index (χ3n) is 4.39. The zero-order valence-corrected chi connectivity index (χ0v) is 17.8. The summed E-state index contributed by atoms with van der Waals surface area (Å²) in [5.74, 6) is -0.561. The smallest absolute Gasteiger partial charge is 0.330 e. The van der Waals surface area contributed by atoms with E-state index >= 15 is 0 Å². The molecule has 0 aliphatic heterocycles. The zero-order valence-electron chi connectivity index (χ0n) is 17.0. The summed E-state index contributed by atoms with van der Waals surface area (Å²) < 4.78 is 7.73. The van der Waals surface area contributed by atoms with Crippen molar-refractivity contribution in [2.24, 2.45) is 7.05 Å². The first kappa shape index (κ1) is 22.2. The number of aromatic amines is 1. The number of carbonyl (C=O) groups is 1. The molecule has 13 heteroatoms. The van der Waals surface area contributed by atoms with Gasteiger partial charge in [-0.1, -0.05) is 42.1 Å². The molecule has 1 amide bonds. The minimum Gasteiger partial charge on any atom is -0.383 e. The van der Waals surface area contributed by atoms with E-state index in [1.54, 1.807) is 7.05 Å². The van der Waals surface area contributed by atoms with Gasteiger partial charge in [-0.25, -0.2) is 9.48 Å². The molecule has 0 bridgehead atoms. The van der Waals surface area contributed by atoms with Gasteiger partial charge in [0, 0.05) is 20.7 Å². The fraction of sp³-hybridized carbons (Fsp3) is 0.333. The van der Waals surface area contributed by atoms with E-state index in [1.807, 2.05) is 30.3 Å². The topological polar surface area (TPSA) is 154 Å². The molecule has 3 rings (SSSR count). The van der Waals surface area contributed by atoms with Gasteiger partial charge in [-0.2, -0.15) is 0 Å². The van der Waals surface area contributed by atoms with Gasteiger partial charge in [0.05, 0.1) is 18.9 Å². The quantitative estimate of drug-likeness (QED) is 0.412. The average Bonchev–Trinajstić information content (AvgIpc) is 3.17. The predicted octanol–water partition coefficient (Wildman–Crippen LogP) is -0.538. The van der Waals surface area contributed by atoms with Crippen LogP contribution in [0.2, 0.25) is 0 Å². The van der Waals surface area contributed by atoms with Crippen LogP contribution in [0.15, 0.2) is 45.1 Å². The van der Waals surface area contributed by atoms with Gasteiger partial charge < -0.3 is 15.4 Å². The Morgan fingerprint density at radius 2 is 2.03 bits per heavy atom. The number of hydrogen-bond acceptors (Lipinski definition) is 9. The highest BCUT2D eigenvalue weighted by atomic mass is 32.2. The molecule has 0 saturated carbocycles. The number of carbonyl (C=O) groups excluding carboxylic acids is 1. The summed E-state index contributed by atoms with van der Waals surface area (Å²) in [5.41, 5.74) is 5.53. The molecule has 0 fully saturated rings. The van der Waals surface area contributed by atoms with Crippen molar-refractivity contribution >= 4 is 29.2 Å². The molecule has 0 atom stereocenters. The summed E-state index contributed by atoms with van der Waals surface area (Å²) >= 11 is 1.11. The lowest BCUT2D eigenvalue weighted by molar-refractivity contribution is -0.116. The number of nitrogen functional groups attached to an aromatic ring is 1. The number of nitrogens with one attached hydrogen (secondary N) is 1. The number of H-pyrrole nitrogens is 1. The molecular formula is C18H22N8O4S.